The summed E-state index contributed by atoms with van der Waals surface area (Å²) < 4.78 is 33.0. The van der Waals surface area contributed by atoms with Crippen LogP contribution in [0.4, 0.5) is 14.5 Å². The van der Waals surface area contributed by atoms with Crippen LogP contribution in [0.3, 0.4) is 0 Å². The lowest BCUT2D eigenvalue weighted by molar-refractivity contribution is -0.119. The minimum Gasteiger partial charge on any atom is -0.480 e. The maximum Gasteiger partial charge on any atom is 0.300 e. The molecule has 1 N–H and O–H groups in total. The Morgan fingerprint density at radius 2 is 1.69 bits per heavy atom. The summed E-state index contributed by atoms with van der Waals surface area (Å²) in [7, 11) is 1.28. The maximum absolute atomic E-state index is 13.5. The number of aryl methyl sites for hydroxylation is 1. The average molecular weight is 552 g/mol. The van der Waals surface area contributed by atoms with Gasteiger partial charge in [0.05, 0.1) is 12.7 Å². The Bertz CT molecular complexity index is 1560. The second-order valence-corrected chi connectivity index (χ2v) is 9.20. The van der Waals surface area contributed by atoms with E-state index in [4.69, 9.17) is 16.3 Å². The van der Waals surface area contributed by atoms with Crippen LogP contribution < -0.4 is 15.6 Å². The largest absolute Gasteiger partial charge is 0.480 e. The Morgan fingerprint density at radius 1 is 1.00 bits per heavy atom. The highest BCUT2D eigenvalue weighted by atomic mass is 35.5. The number of Topliss-reactive ketones (excluding diaryl/α,β-unsaturated/α-hetero) is 1. The number of methoxy groups -OCH3 is 1. The normalized spacial score (nSPS) is 11.7. The van der Waals surface area contributed by atoms with Gasteiger partial charge in [-0.15, -0.1) is 5.10 Å². The molecule has 0 radical (unpaired) electrons. The number of amides is 1. The zero-order valence-corrected chi connectivity index (χ0v) is 21.8. The lowest BCUT2D eigenvalue weighted by Gasteiger charge is -2.20. The molecule has 10 heteroatoms. The highest BCUT2D eigenvalue weighted by molar-refractivity contribution is 6.31. The highest BCUT2D eigenvalue weighted by Gasteiger charge is 2.28. The lowest BCUT2D eigenvalue weighted by atomic mass is 9.98. The first-order valence-electron chi connectivity index (χ1n) is 11.9. The molecule has 1 aromatic heterocycles. The van der Waals surface area contributed by atoms with E-state index in [0.29, 0.717) is 5.69 Å². The predicted octanol–water partition coefficient (Wildman–Crippen LogP) is 5.75. The molecule has 1 amide bonds. The first kappa shape index (κ1) is 27.7. The van der Waals surface area contributed by atoms with Crippen molar-refractivity contribution < 1.29 is 23.1 Å². The van der Waals surface area contributed by atoms with Crippen molar-refractivity contribution in [2.75, 3.05) is 12.4 Å². The monoisotopic (exact) mass is 551 g/mol. The summed E-state index contributed by atoms with van der Waals surface area (Å²) >= 11 is 6.09. The van der Waals surface area contributed by atoms with Crippen LogP contribution in [0.2, 0.25) is 5.02 Å². The molecule has 1 unspecified atom stereocenters. The smallest absolute Gasteiger partial charge is 0.300 e. The molecule has 0 aliphatic heterocycles. The van der Waals surface area contributed by atoms with Gasteiger partial charge in [-0.05, 0) is 48.4 Å². The SMILES string of the molecule is COc1nn(C(Cc2ccccc2)C(=O)Nc2ccc(C)cc2)c(=O)cc1-c1cc(Cl)ccc1C(=O)C(F)F. The number of hydrogen-bond donors (Lipinski definition) is 1. The molecule has 0 spiro atoms. The summed E-state index contributed by atoms with van der Waals surface area (Å²) in [4.78, 5) is 39.1. The predicted molar refractivity (Wildman–Crippen MR) is 145 cm³/mol. The molecular weight excluding hydrogens is 528 g/mol. The minimum atomic E-state index is -3.27. The number of ketones is 1. The molecule has 1 atom stereocenters. The fourth-order valence-corrected chi connectivity index (χ4v) is 4.25. The van der Waals surface area contributed by atoms with Crippen LogP contribution >= 0.6 is 11.6 Å². The van der Waals surface area contributed by atoms with Crippen molar-refractivity contribution in [3.63, 3.8) is 0 Å². The standard InChI is InChI=1S/C29H24ClF2N3O4/c1-17-8-11-20(12-9-17)33-28(38)24(14-18-6-4-3-5-7-18)35-25(36)16-23(29(34-35)39-2)22-15-19(30)10-13-21(22)26(37)27(31)32/h3-13,15-16,24,27H,14H2,1-2H3,(H,33,38). The molecule has 7 nitrogen and oxygen atoms in total. The van der Waals surface area contributed by atoms with Gasteiger partial charge in [-0.2, -0.15) is 0 Å². The van der Waals surface area contributed by atoms with Gasteiger partial charge in [-0.25, -0.2) is 13.5 Å². The van der Waals surface area contributed by atoms with Crippen LogP contribution in [0.15, 0.2) is 83.7 Å². The third-order valence-electron chi connectivity index (χ3n) is 6.04. The molecule has 1 heterocycles. The van der Waals surface area contributed by atoms with Gasteiger partial charge in [0.15, 0.2) is 0 Å². The molecule has 200 valence electrons. The van der Waals surface area contributed by atoms with E-state index < -0.39 is 29.7 Å². The number of rotatable bonds is 9. The van der Waals surface area contributed by atoms with Gasteiger partial charge in [0.2, 0.25) is 17.6 Å². The van der Waals surface area contributed by atoms with Crippen LogP contribution in [0.1, 0.15) is 27.5 Å². The third-order valence-corrected chi connectivity index (χ3v) is 6.28. The molecule has 0 bridgehead atoms. The zero-order valence-electron chi connectivity index (χ0n) is 21.0. The number of aromatic nitrogens is 2. The van der Waals surface area contributed by atoms with Gasteiger partial charge in [-0.1, -0.05) is 59.6 Å². The highest BCUT2D eigenvalue weighted by Crippen LogP contribution is 2.33. The molecular formula is C29H24ClF2N3O4. The van der Waals surface area contributed by atoms with Gasteiger partial charge in [-0.3, -0.25) is 14.4 Å². The fraction of sp³-hybridized carbons (Fsp3) is 0.172. The van der Waals surface area contributed by atoms with Crippen LogP contribution in [0.25, 0.3) is 11.1 Å². The Morgan fingerprint density at radius 3 is 2.33 bits per heavy atom. The van der Waals surface area contributed by atoms with E-state index in [1.807, 2.05) is 49.4 Å². The number of ether oxygens (including phenoxy) is 1. The first-order chi connectivity index (χ1) is 18.7. The molecule has 3 aromatic carbocycles. The lowest BCUT2D eigenvalue weighted by Crippen LogP contribution is -2.36. The number of benzene rings is 3. The van der Waals surface area contributed by atoms with Gasteiger partial charge in [0.1, 0.15) is 6.04 Å². The molecule has 4 aromatic rings. The zero-order chi connectivity index (χ0) is 28.1. The molecule has 0 saturated heterocycles. The molecule has 0 fully saturated rings. The summed E-state index contributed by atoms with van der Waals surface area (Å²) in [6, 6.07) is 20.0. The third kappa shape index (κ3) is 6.38. The second-order valence-electron chi connectivity index (χ2n) is 8.77. The number of hydrogen-bond acceptors (Lipinski definition) is 5. The van der Waals surface area contributed by atoms with Crippen LogP contribution in [0, 0.1) is 6.92 Å². The quantitative estimate of drug-likeness (QED) is 0.267. The van der Waals surface area contributed by atoms with Crippen molar-refractivity contribution in [2.24, 2.45) is 0 Å². The van der Waals surface area contributed by atoms with E-state index in [2.05, 4.69) is 10.4 Å². The summed E-state index contributed by atoms with van der Waals surface area (Å²) in [6.45, 7) is 1.92. The number of anilines is 1. The Balaban J connectivity index is 1.82. The number of nitrogens with one attached hydrogen (secondary N) is 1. The molecule has 39 heavy (non-hydrogen) atoms. The van der Waals surface area contributed by atoms with E-state index >= 15 is 0 Å². The van der Waals surface area contributed by atoms with Crippen molar-refractivity contribution in [1.82, 2.24) is 9.78 Å². The Hall–Kier alpha value is -4.37. The number of nitrogens with zero attached hydrogens (tertiary/aromatic N) is 2. The van der Waals surface area contributed by atoms with E-state index in [9.17, 15) is 23.2 Å². The summed E-state index contributed by atoms with van der Waals surface area (Å²) in [6.07, 6.45) is -3.15. The van der Waals surface area contributed by atoms with Crippen LogP contribution in [0.5, 0.6) is 5.88 Å². The van der Waals surface area contributed by atoms with Crippen LogP contribution in [-0.4, -0.2) is 35.0 Å². The molecule has 0 saturated carbocycles. The number of carbonyl (C=O) groups is 2. The summed E-state index contributed by atoms with van der Waals surface area (Å²) in [5.41, 5.74) is 1.23. The van der Waals surface area contributed by atoms with Crippen molar-refractivity contribution >= 4 is 29.0 Å². The number of carbonyl (C=O) groups excluding carboxylic acids is 2. The fourth-order valence-electron chi connectivity index (χ4n) is 4.08. The van der Waals surface area contributed by atoms with Crippen molar-refractivity contribution in [1.29, 1.82) is 0 Å². The van der Waals surface area contributed by atoms with Gasteiger partial charge in [0, 0.05) is 28.8 Å². The van der Waals surface area contributed by atoms with Gasteiger partial charge < -0.3 is 10.1 Å². The van der Waals surface area contributed by atoms with Gasteiger partial charge >= 0.3 is 6.43 Å². The van der Waals surface area contributed by atoms with Crippen molar-refractivity contribution in [3.8, 4) is 17.0 Å². The van der Waals surface area contributed by atoms with Crippen LogP contribution in [-0.2, 0) is 11.2 Å². The first-order valence-corrected chi connectivity index (χ1v) is 12.3. The average Bonchev–Trinajstić information content (AvgIpc) is 2.93. The minimum absolute atomic E-state index is 0.0114. The van der Waals surface area contributed by atoms with E-state index in [1.165, 1.54) is 19.2 Å². The molecule has 4 rings (SSSR count). The van der Waals surface area contributed by atoms with Gasteiger partial charge in [0.25, 0.3) is 5.56 Å². The van der Waals surface area contributed by atoms with E-state index in [-0.39, 0.29) is 34.0 Å². The maximum atomic E-state index is 13.5. The second kappa shape index (κ2) is 12.0. The van der Waals surface area contributed by atoms with Crippen molar-refractivity contribution in [2.45, 2.75) is 25.8 Å². The van der Waals surface area contributed by atoms with Crippen molar-refractivity contribution in [3.05, 3.63) is 111 Å². The summed E-state index contributed by atoms with van der Waals surface area (Å²) in [5, 5.41) is 7.27. The molecule has 0 aliphatic carbocycles. The van der Waals surface area contributed by atoms with E-state index in [0.717, 1.165) is 27.9 Å². The molecule has 0 aliphatic rings. The number of alkyl halides is 2. The Labute approximate surface area is 228 Å². The number of halogens is 3. The topological polar surface area (TPSA) is 90.3 Å². The summed E-state index contributed by atoms with van der Waals surface area (Å²) in [5.74, 6) is -2.09. The van der Waals surface area contributed by atoms with E-state index in [1.54, 1.807) is 12.1 Å². The Kier molecular flexibility index (Phi) is 8.51.